The average molecular weight is 553 g/mol. The monoisotopic (exact) mass is 552 g/mol. The van der Waals surface area contributed by atoms with Crippen LogP contribution in [0.1, 0.15) is 24.1 Å². The molecule has 3 aromatic heterocycles. The summed E-state index contributed by atoms with van der Waals surface area (Å²) in [5.41, 5.74) is 10.6. The van der Waals surface area contributed by atoms with Crippen molar-refractivity contribution >= 4 is 51.7 Å². The van der Waals surface area contributed by atoms with Gasteiger partial charge in [-0.1, -0.05) is 24.3 Å². The molecule has 10 nitrogen and oxygen atoms in total. The highest BCUT2D eigenvalue weighted by Gasteiger charge is 2.26. The number of benzene rings is 1. The standard InChI is InChI=1S/C29H28N8O2S/c30-25-6-5-19(26(35-25)22-8-12-32-23-4-2-1-3-21(22)23)17-31-16-18-9-13-37(14-10-18)28-33-11-7-20(34-28)15-24-27(38)36-29(39)40-24/h1-8,11-12,15,18,31H,9-10,13-14,16-17H2,(H2,30,35)(H,36,38,39)/b24-15+. The number of rotatable bonds is 7. The van der Waals surface area contributed by atoms with E-state index in [-0.39, 0.29) is 11.1 Å². The number of carbonyl (C=O) groups excluding carboxylic acids is 2. The number of imide groups is 1. The maximum Gasteiger partial charge on any atom is 0.290 e. The van der Waals surface area contributed by atoms with Crippen molar-refractivity contribution < 1.29 is 9.59 Å². The zero-order valence-corrected chi connectivity index (χ0v) is 22.5. The summed E-state index contributed by atoms with van der Waals surface area (Å²) in [6.45, 7) is 3.27. The molecule has 1 aromatic carbocycles. The molecule has 0 spiro atoms. The normalized spacial score (nSPS) is 17.1. The van der Waals surface area contributed by atoms with Crippen molar-refractivity contribution in [3.05, 3.63) is 77.1 Å². The third-order valence-electron chi connectivity index (χ3n) is 7.14. The molecule has 202 valence electrons. The summed E-state index contributed by atoms with van der Waals surface area (Å²) in [7, 11) is 0. The fraction of sp³-hybridized carbons (Fsp3) is 0.241. The number of thioether (sulfide) groups is 1. The highest BCUT2D eigenvalue weighted by Crippen LogP contribution is 2.30. The fourth-order valence-corrected chi connectivity index (χ4v) is 5.75. The van der Waals surface area contributed by atoms with Crippen LogP contribution in [0.2, 0.25) is 0 Å². The van der Waals surface area contributed by atoms with E-state index in [1.807, 2.05) is 42.6 Å². The highest BCUT2D eigenvalue weighted by atomic mass is 32.2. The molecule has 5 heterocycles. The predicted octanol–water partition coefficient (Wildman–Crippen LogP) is 4.00. The summed E-state index contributed by atoms with van der Waals surface area (Å²) in [6, 6.07) is 15.7. The average Bonchev–Trinajstić information content (AvgIpc) is 3.29. The number of hydrogen-bond acceptors (Lipinski definition) is 10. The van der Waals surface area contributed by atoms with Gasteiger partial charge >= 0.3 is 0 Å². The largest absolute Gasteiger partial charge is 0.384 e. The summed E-state index contributed by atoms with van der Waals surface area (Å²) in [4.78, 5) is 44.0. The Balaban J connectivity index is 1.07. The van der Waals surface area contributed by atoms with Crippen molar-refractivity contribution in [2.75, 3.05) is 30.3 Å². The minimum atomic E-state index is -0.389. The van der Waals surface area contributed by atoms with Crippen molar-refractivity contribution in [3.63, 3.8) is 0 Å². The molecular weight excluding hydrogens is 524 g/mol. The number of aromatic nitrogens is 4. The lowest BCUT2D eigenvalue weighted by atomic mass is 9.96. The van der Waals surface area contributed by atoms with Crippen LogP contribution in [0.4, 0.5) is 16.6 Å². The highest BCUT2D eigenvalue weighted by molar-refractivity contribution is 8.18. The number of para-hydroxylation sites is 1. The van der Waals surface area contributed by atoms with Gasteiger partial charge in [0, 0.05) is 43.0 Å². The number of hydrogen-bond donors (Lipinski definition) is 3. The van der Waals surface area contributed by atoms with E-state index in [4.69, 9.17) is 10.7 Å². The number of fused-ring (bicyclic) bond motifs is 1. The Hall–Kier alpha value is -4.35. The molecule has 0 saturated carbocycles. The summed E-state index contributed by atoms with van der Waals surface area (Å²) in [6.07, 6.45) is 7.15. The minimum Gasteiger partial charge on any atom is -0.384 e. The first-order chi connectivity index (χ1) is 19.5. The second-order valence-electron chi connectivity index (χ2n) is 9.81. The first-order valence-corrected chi connectivity index (χ1v) is 14.0. The van der Waals surface area contributed by atoms with Crippen molar-refractivity contribution in [3.8, 4) is 11.3 Å². The lowest BCUT2D eigenvalue weighted by molar-refractivity contribution is -0.115. The molecule has 2 aliphatic rings. The SMILES string of the molecule is Nc1ccc(CNCC2CCN(c3nccc(/C=C4/SC(=O)NC4=O)n3)CC2)c(-c2ccnc3ccccc23)n1. The molecule has 11 heteroatoms. The van der Waals surface area contributed by atoms with Crippen molar-refractivity contribution in [2.45, 2.75) is 19.4 Å². The number of nitrogens with two attached hydrogens (primary N) is 1. The zero-order valence-electron chi connectivity index (χ0n) is 21.7. The molecule has 6 rings (SSSR count). The van der Waals surface area contributed by atoms with Crippen molar-refractivity contribution in [1.82, 2.24) is 30.6 Å². The van der Waals surface area contributed by atoms with Gasteiger partial charge in [0.25, 0.3) is 11.1 Å². The Bertz CT molecular complexity index is 1610. The second-order valence-corrected chi connectivity index (χ2v) is 10.8. The number of nitrogen functional groups attached to an aromatic ring is 1. The van der Waals surface area contributed by atoms with Gasteiger partial charge in [-0.25, -0.2) is 15.0 Å². The number of amides is 2. The third kappa shape index (κ3) is 5.65. The van der Waals surface area contributed by atoms with Gasteiger partial charge in [-0.15, -0.1) is 0 Å². The van der Waals surface area contributed by atoms with Crippen LogP contribution < -0.4 is 21.3 Å². The molecule has 40 heavy (non-hydrogen) atoms. The topological polar surface area (TPSA) is 139 Å². The number of nitrogens with zero attached hydrogens (tertiary/aromatic N) is 5. The summed E-state index contributed by atoms with van der Waals surface area (Å²) >= 11 is 0.884. The molecular formula is C29H28N8O2S. The van der Waals surface area contributed by atoms with Gasteiger partial charge in [0.05, 0.1) is 21.8 Å². The lowest BCUT2D eigenvalue weighted by Gasteiger charge is -2.32. The molecule has 4 N–H and O–H groups in total. The Morgan fingerprint density at radius 2 is 1.85 bits per heavy atom. The second kappa shape index (κ2) is 11.4. The Labute approximate surface area is 235 Å². The molecule has 0 aliphatic carbocycles. The number of nitrogens with one attached hydrogen (secondary N) is 2. The Kier molecular flexibility index (Phi) is 7.39. The van der Waals surface area contributed by atoms with E-state index in [2.05, 4.69) is 36.6 Å². The minimum absolute atomic E-state index is 0.344. The molecule has 2 saturated heterocycles. The number of carbonyl (C=O) groups is 2. The van der Waals surface area contributed by atoms with Gasteiger partial charge in [0.1, 0.15) is 5.82 Å². The lowest BCUT2D eigenvalue weighted by Crippen LogP contribution is -2.38. The number of piperidine rings is 1. The van der Waals surface area contributed by atoms with Crippen LogP contribution in [0.15, 0.2) is 65.8 Å². The summed E-state index contributed by atoms with van der Waals surface area (Å²) in [5.74, 6) is 1.27. The predicted molar refractivity (Wildman–Crippen MR) is 157 cm³/mol. The van der Waals surface area contributed by atoms with E-state index >= 15 is 0 Å². The van der Waals surface area contributed by atoms with E-state index in [0.29, 0.717) is 34.8 Å². The fourth-order valence-electron chi connectivity index (χ4n) is 5.08. The van der Waals surface area contributed by atoms with Crippen LogP contribution in [0.25, 0.3) is 28.2 Å². The smallest absolute Gasteiger partial charge is 0.290 e. The Morgan fingerprint density at radius 3 is 2.67 bits per heavy atom. The van der Waals surface area contributed by atoms with E-state index < -0.39 is 0 Å². The van der Waals surface area contributed by atoms with E-state index in [1.54, 1.807) is 18.3 Å². The van der Waals surface area contributed by atoms with Crippen LogP contribution in [0, 0.1) is 5.92 Å². The zero-order chi connectivity index (χ0) is 27.5. The Morgan fingerprint density at radius 1 is 1.02 bits per heavy atom. The molecule has 0 atom stereocenters. The molecule has 0 bridgehead atoms. The molecule has 4 aromatic rings. The van der Waals surface area contributed by atoms with Gasteiger partial charge in [0.2, 0.25) is 5.95 Å². The third-order valence-corrected chi connectivity index (χ3v) is 7.95. The van der Waals surface area contributed by atoms with Crippen LogP contribution in [0.3, 0.4) is 0 Å². The van der Waals surface area contributed by atoms with E-state index in [0.717, 1.165) is 72.0 Å². The van der Waals surface area contributed by atoms with Crippen LogP contribution in [-0.4, -0.2) is 50.7 Å². The summed E-state index contributed by atoms with van der Waals surface area (Å²) in [5, 5.41) is 6.59. The molecule has 2 amide bonds. The van der Waals surface area contributed by atoms with Gasteiger partial charge in [0.15, 0.2) is 0 Å². The van der Waals surface area contributed by atoms with Gasteiger partial charge < -0.3 is 16.0 Å². The first kappa shape index (κ1) is 25.9. The molecule has 0 radical (unpaired) electrons. The van der Waals surface area contributed by atoms with E-state index in [9.17, 15) is 9.59 Å². The molecule has 2 aliphatic heterocycles. The maximum atomic E-state index is 11.9. The van der Waals surface area contributed by atoms with Crippen LogP contribution in [0.5, 0.6) is 0 Å². The molecule has 2 fully saturated rings. The van der Waals surface area contributed by atoms with Crippen LogP contribution >= 0.6 is 11.8 Å². The maximum absolute atomic E-state index is 11.9. The van der Waals surface area contributed by atoms with E-state index in [1.165, 1.54) is 0 Å². The van der Waals surface area contributed by atoms with Gasteiger partial charge in [-0.05, 0) is 73.0 Å². The van der Waals surface area contributed by atoms with Gasteiger partial charge in [-0.3, -0.25) is 19.9 Å². The quantitative estimate of drug-likeness (QED) is 0.288. The van der Waals surface area contributed by atoms with Gasteiger partial charge in [-0.2, -0.15) is 0 Å². The number of pyridine rings is 2. The van der Waals surface area contributed by atoms with Crippen molar-refractivity contribution in [2.24, 2.45) is 5.92 Å². The summed E-state index contributed by atoms with van der Waals surface area (Å²) < 4.78 is 0. The van der Waals surface area contributed by atoms with Crippen LogP contribution in [-0.2, 0) is 11.3 Å². The molecule has 0 unspecified atom stereocenters. The number of anilines is 2. The first-order valence-electron chi connectivity index (χ1n) is 13.2. The van der Waals surface area contributed by atoms with Crippen molar-refractivity contribution in [1.29, 1.82) is 0 Å².